The van der Waals surface area contributed by atoms with Crippen molar-refractivity contribution < 1.29 is 9.66 Å². The van der Waals surface area contributed by atoms with E-state index in [9.17, 15) is 15.4 Å². The van der Waals surface area contributed by atoms with E-state index in [0.29, 0.717) is 17.2 Å². The van der Waals surface area contributed by atoms with Gasteiger partial charge in [-0.05, 0) is 25.8 Å². The van der Waals surface area contributed by atoms with Crippen LogP contribution in [0.25, 0.3) is 0 Å². The Balaban J connectivity index is 1.87. The Hall–Kier alpha value is -2.17. The third-order valence-corrected chi connectivity index (χ3v) is 4.94. The van der Waals surface area contributed by atoms with Crippen LogP contribution < -0.4 is 4.90 Å². The average Bonchev–Trinajstić information content (AvgIpc) is 3.03. The van der Waals surface area contributed by atoms with Gasteiger partial charge in [0.25, 0.3) is 5.69 Å². The predicted molar refractivity (Wildman–Crippen MR) is 90.2 cm³/mol. The molecule has 0 N–H and O–H groups in total. The number of nitrogens with zero attached hydrogens (tertiary/aromatic N) is 4. The summed E-state index contributed by atoms with van der Waals surface area (Å²) in [5.74, 6) is 0. The van der Waals surface area contributed by atoms with Gasteiger partial charge < -0.3 is 9.64 Å². The molecule has 2 fully saturated rings. The average molecular weight is 330 g/mol. The van der Waals surface area contributed by atoms with Gasteiger partial charge in [0.05, 0.1) is 35.3 Å². The molecule has 0 aromatic heterocycles. The predicted octanol–water partition coefficient (Wildman–Crippen LogP) is 2.08. The number of hydrogen-bond donors (Lipinski definition) is 0. The zero-order chi connectivity index (χ0) is 17.1. The maximum atomic E-state index is 11.3. The maximum Gasteiger partial charge on any atom is 0.275 e. The smallest absolute Gasteiger partial charge is 0.275 e. The second-order valence-electron chi connectivity index (χ2n) is 6.41. The molecule has 1 aromatic rings. The summed E-state index contributed by atoms with van der Waals surface area (Å²) >= 11 is 0. The van der Waals surface area contributed by atoms with Crippen molar-refractivity contribution in [1.29, 1.82) is 5.26 Å². The molecule has 2 aliphatic rings. The monoisotopic (exact) mass is 330 g/mol. The Morgan fingerprint density at radius 3 is 2.79 bits per heavy atom. The van der Waals surface area contributed by atoms with Crippen molar-refractivity contribution >= 4 is 11.4 Å². The van der Waals surface area contributed by atoms with Crippen LogP contribution in [0.2, 0.25) is 0 Å². The number of ether oxygens (including phenoxy) is 1. The molecule has 0 radical (unpaired) electrons. The summed E-state index contributed by atoms with van der Waals surface area (Å²) in [7, 11) is 0. The van der Waals surface area contributed by atoms with Crippen molar-refractivity contribution in [2.24, 2.45) is 0 Å². The highest BCUT2D eigenvalue weighted by Gasteiger charge is 2.30. The molecule has 24 heavy (non-hydrogen) atoms. The lowest BCUT2D eigenvalue weighted by molar-refractivity contribution is -0.385. The van der Waals surface area contributed by atoms with Gasteiger partial charge >= 0.3 is 0 Å². The minimum absolute atomic E-state index is 0.0288. The van der Waals surface area contributed by atoms with Crippen LogP contribution in [0.4, 0.5) is 11.4 Å². The van der Waals surface area contributed by atoms with Gasteiger partial charge in [-0.2, -0.15) is 5.26 Å². The summed E-state index contributed by atoms with van der Waals surface area (Å²) in [6.45, 7) is 6.99. The van der Waals surface area contributed by atoms with Crippen molar-refractivity contribution in [2.45, 2.75) is 25.8 Å². The first-order valence-electron chi connectivity index (χ1n) is 8.36. The Morgan fingerprint density at radius 1 is 1.38 bits per heavy atom. The summed E-state index contributed by atoms with van der Waals surface area (Å²) in [4.78, 5) is 15.6. The van der Waals surface area contributed by atoms with Crippen molar-refractivity contribution in [3.05, 3.63) is 33.4 Å². The molecular formula is C17H22N4O3. The molecule has 0 aliphatic carbocycles. The van der Waals surface area contributed by atoms with E-state index in [1.165, 1.54) is 6.07 Å². The Morgan fingerprint density at radius 2 is 2.12 bits per heavy atom. The highest BCUT2D eigenvalue weighted by Crippen LogP contribution is 2.34. The molecule has 2 heterocycles. The first-order chi connectivity index (χ1) is 11.6. The largest absolute Gasteiger partial charge is 0.379 e. The van der Waals surface area contributed by atoms with E-state index in [2.05, 4.69) is 15.9 Å². The van der Waals surface area contributed by atoms with E-state index in [-0.39, 0.29) is 5.69 Å². The first-order valence-corrected chi connectivity index (χ1v) is 8.36. The summed E-state index contributed by atoms with van der Waals surface area (Å²) in [6, 6.07) is 5.54. The molecule has 2 saturated heterocycles. The lowest BCUT2D eigenvalue weighted by atomic mass is 10.1. The van der Waals surface area contributed by atoms with Crippen LogP contribution in [0.15, 0.2) is 12.1 Å². The zero-order valence-corrected chi connectivity index (χ0v) is 13.9. The van der Waals surface area contributed by atoms with Crippen LogP contribution in [0.5, 0.6) is 0 Å². The lowest BCUT2D eigenvalue weighted by Crippen LogP contribution is -2.45. The molecule has 0 bridgehead atoms. The second-order valence-corrected chi connectivity index (χ2v) is 6.41. The molecule has 2 aliphatic heterocycles. The Bertz CT molecular complexity index is 665. The summed E-state index contributed by atoms with van der Waals surface area (Å²) in [6.07, 6.45) is 2.14. The van der Waals surface area contributed by atoms with Gasteiger partial charge in [0.2, 0.25) is 0 Å². The Kier molecular flexibility index (Phi) is 4.97. The molecule has 3 rings (SSSR count). The standard InChI is InChI=1S/C17H22N4O3/c1-13-16(9-14(11-18)10-17(13)21(22)23)20-4-2-3-15(20)12-19-5-7-24-8-6-19/h9-10,15H,2-8,12H2,1H3/t15-/m0/s1. The first kappa shape index (κ1) is 16.7. The zero-order valence-electron chi connectivity index (χ0n) is 13.9. The molecule has 7 heteroatoms. The topological polar surface area (TPSA) is 82.6 Å². The molecule has 1 aromatic carbocycles. The molecule has 0 saturated carbocycles. The fourth-order valence-corrected chi connectivity index (χ4v) is 3.66. The number of anilines is 1. The molecule has 128 valence electrons. The van der Waals surface area contributed by atoms with E-state index in [1.54, 1.807) is 13.0 Å². The third-order valence-electron chi connectivity index (χ3n) is 4.94. The normalized spacial score (nSPS) is 21.7. The van der Waals surface area contributed by atoms with Crippen molar-refractivity contribution in [3.63, 3.8) is 0 Å². The van der Waals surface area contributed by atoms with Gasteiger partial charge in [-0.1, -0.05) is 0 Å². The molecule has 1 atom stereocenters. The van der Waals surface area contributed by atoms with Crippen LogP contribution in [0.3, 0.4) is 0 Å². The summed E-state index contributed by atoms with van der Waals surface area (Å²) in [5, 5.41) is 20.5. The number of hydrogen-bond acceptors (Lipinski definition) is 6. The quantitative estimate of drug-likeness (QED) is 0.621. The molecule has 0 amide bonds. The number of morpholine rings is 1. The van der Waals surface area contributed by atoms with Gasteiger partial charge in [-0.3, -0.25) is 15.0 Å². The van der Waals surface area contributed by atoms with Gasteiger partial charge in [0.1, 0.15) is 0 Å². The summed E-state index contributed by atoms with van der Waals surface area (Å²) in [5.41, 5.74) is 1.85. The van der Waals surface area contributed by atoms with Gasteiger partial charge in [-0.25, -0.2) is 0 Å². The number of rotatable bonds is 4. The second kappa shape index (κ2) is 7.16. The van der Waals surface area contributed by atoms with Crippen LogP contribution in [-0.2, 0) is 4.74 Å². The van der Waals surface area contributed by atoms with Gasteiger partial charge in [-0.15, -0.1) is 0 Å². The molecule has 7 nitrogen and oxygen atoms in total. The van der Waals surface area contributed by atoms with Crippen LogP contribution in [0.1, 0.15) is 24.0 Å². The lowest BCUT2D eigenvalue weighted by Gasteiger charge is -2.34. The van der Waals surface area contributed by atoms with Crippen molar-refractivity contribution in [2.75, 3.05) is 44.3 Å². The van der Waals surface area contributed by atoms with Crippen molar-refractivity contribution in [3.8, 4) is 6.07 Å². The fourth-order valence-electron chi connectivity index (χ4n) is 3.66. The van der Waals surface area contributed by atoms with E-state index in [1.807, 2.05) is 0 Å². The van der Waals surface area contributed by atoms with E-state index < -0.39 is 4.92 Å². The number of nitriles is 1. The number of benzene rings is 1. The number of nitro benzene ring substituents is 1. The van der Waals surface area contributed by atoms with Crippen LogP contribution >= 0.6 is 0 Å². The third kappa shape index (κ3) is 3.35. The van der Waals surface area contributed by atoms with E-state index >= 15 is 0 Å². The SMILES string of the molecule is Cc1c(N2CCC[C@H]2CN2CCOCC2)cc(C#N)cc1[N+](=O)[O-]. The highest BCUT2D eigenvalue weighted by atomic mass is 16.6. The molecule has 0 spiro atoms. The number of nitro groups is 1. The van der Waals surface area contributed by atoms with Gasteiger partial charge in [0.15, 0.2) is 0 Å². The van der Waals surface area contributed by atoms with Gasteiger partial charge in [0, 0.05) is 44.0 Å². The minimum atomic E-state index is -0.396. The molecule has 0 unspecified atom stereocenters. The van der Waals surface area contributed by atoms with Crippen molar-refractivity contribution in [1.82, 2.24) is 4.90 Å². The highest BCUT2D eigenvalue weighted by molar-refractivity contribution is 5.66. The van der Waals surface area contributed by atoms with E-state index in [0.717, 1.165) is 57.9 Å². The van der Waals surface area contributed by atoms with Crippen LogP contribution in [-0.4, -0.2) is 55.3 Å². The molecular weight excluding hydrogens is 308 g/mol. The summed E-state index contributed by atoms with van der Waals surface area (Å²) < 4.78 is 5.40. The minimum Gasteiger partial charge on any atom is -0.379 e. The van der Waals surface area contributed by atoms with E-state index in [4.69, 9.17) is 4.74 Å². The maximum absolute atomic E-state index is 11.3. The Labute approximate surface area is 141 Å². The van der Waals surface area contributed by atoms with Crippen LogP contribution in [0, 0.1) is 28.4 Å². The fraction of sp³-hybridized carbons (Fsp3) is 0.588.